The van der Waals surface area contributed by atoms with Crippen LogP contribution in [0.25, 0.3) is 0 Å². The number of rotatable bonds is 4. The number of amides is 1. The molecule has 0 bridgehead atoms. The quantitative estimate of drug-likeness (QED) is 0.630. The molecule has 1 aliphatic heterocycles. The molecule has 2 heterocycles. The molecule has 0 saturated heterocycles. The van der Waals surface area contributed by atoms with E-state index in [0.29, 0.717) is 25.2 Å². The lowest BCUT2D eigenvalue weighted by atomic mass is 9.99. The Morgan fingerprint density at radius 3 is 2.66 bits per heavy atom. The molecule has 4 rings (SSSR count). The number of anilines is 1. The van der Waals surface area contributed by atoms with Gasteiger partial charge in [-0.2, -0.15) is 0 Å². The highest BCUT2D eigenvalue weighted by molar-refractivity contribution is 7.92. The number of carbonyl (C=O) groups excluding carboxylic acids is 1. The average molecular weight is 451 g/mol. The van der Waals surface area contributed by atoms with Crippen LogP contribution in [0.15, 0.2) is 64.1 Å². The summed E-state index contributed by atoms with van der Waals surface area (Å²) in [5.41, 5.74) is 2.32. The Morgan fingerprint density at radius 2 is 1.90 bits per heavy atom. The second-order valence-corrected chi connectivity index (χ2v) is 9.11. The van der Waals surface area contributed by atoms with Crippen molar-refractivity contribution in [1.82, 2.24) is 4.90 Å². The maximum atomic E-state index is 12.7. The van der Waals surface area contributed by atoms with Crippen molar-refractivity contribution in [3.8, 4) is 0 Å². The monoisotopic (exact) mass is 450 g/mol. The Kier molecular flexibility index (Phi) is 5.29. The van der Waals surface area contributed by atoms with Gasteiger partial charge in [0.05, 0.1) is 11.3 Å². The first kappa shape index (κ1) is 19.8. The second-order valence-electron chi connectivity index (χ2n) is 6.62. The van der Waals surface area contributed by atoms with E-state index >= 15 is 0 Å². The minimum atomic E-state index is -3.92. The van der Waals surface area contributed by atoms with Crippen molar-refractivity contribution in [3.05, 3.63) is 81.7 Å². The topological polar surface area (TPSA) is 79.6 Å². The van der Waals surface area contributed by atoms with Crippen LogP contribution in [0.3, 0.4) is 0 Å². The summed E-state index contributed by atoms with van der Waals surface area (Å²) in [7, 11) is -3.92. The van der Waals surface area contributed by atoms with Gasteiger partial charge < -0.3 is 9.32 Å². The SMILES string of the molecule is O=C(c1ccco1)N1CCc2ccc(NS(=O)(=O)c3cc(Cl)ccc3Cl)cc2C1. The molecule has 150 valence electrons. The molecule has 0 unspecified atom stereocenters. The zero-order valence-electron chi connectivity index (χ0n) is 15.1. The van der Waals surface area contributed by atoms with Gasteiger partial charge in [-0.3, -0.25) is 9.52 Å². The molecule has 29 heavy (non-hydrogen) atoms. The van der Waals surface area contributed by atoms with E-state index in [4.69, 9.17) is 27.6 Å². The molecule has 6 nitrogen and oxygen atoms in total. The zero-order valence-corrected chi connectivity index (χ0v) is 17.4. The van der Waals surface area contributed by atoms with Crippen molar-refractivity contribution in [2.75, 3.05) is 11.3 Å². The molecule has 0 fully saturated rings. The van der Waals surface area contributed by atoms with E-state index in [-0.39, 0.29) is 26.6 Å². The maximum Gasteiger partial charge on any atom is 0.289 e. The largest absolute Gasteiger partial charge is 0.459 e. The molecule has 0 aliphatic carbocycles. The molecule has 0 spiro atoms. The second kappa shape index (κ2) is 7.74. The Bertz CT molecular complexity index is 1180. The predicted octanol–water partition coefficient (Wildman–Crippen LogP) is 4.59. The Labute approximate surface area is 178 Å². The standard InChI is InChI=1S/C20H16Cl2N2O4S/c21-15-4-6-17(22)19(11-15)29(26,27)23-16-5-3-13-7-8-24(12-14(13)10-16)20(25)18-2-1-9-28-18/h1-6,9-11,23H,7-8,12H2. The van der Waals surface area contributed by atoms with Crippen LogP contribution in [-0.4, -0.2) is 25.8 Å². The molecule has 3 aromatic rings. The van der Waals surface area contributed by atoms with Crippen LogP contribution >= 0.6 is 23.2 Å². The van der Waals surface area contributed by atoms with Gasteiger partial charge in [0, 0.05) is 23.8 Å². The van der Waals surface area contributed by atoms with Gasteiger partial charge >= 0.3 is 0 Å². The summed E-state index contributed by atoms with van der Waals surface area (Å²) in [6.45, 7) is 0.929. The molecule has 1 amide bonds. The van der Waals surface area contributed by atoms with Gasteiger partial charge in [-0.1, -0.05) is 29.3 Å². The van der Waals surface area contributed by atoms with Crippen molar-refractivity contribution >= 4 is 44.8 Å². The summed E-state index contributed by atoms with van der Waals surface area (Å²) >= 11 is 11.9. The number of fused-ring (bicyclic) bond motifs is 1. The average Bonchev–Trinajstić information content (AvgIpc) is 3.23. The predicted molar refractivity (Wildman–Crippen MR) is 111 cm³/mol. The number of hydrogen-bond donors (Lipinski definition) is 1. The van der Waals surface area contributed by atoms with Gasteiger partial charge in [0.15, 0.2) is 5.76 Å². The van der Waals surface area contributed by atoms with Crippen LogP contribution < -0.4 is 4.72 Å². The van der Waals surface area contributed by atoms with Crippen molar-refractivity contribution in [1.29, 1.82) is 0 Å². The van der Waals surface area contributed by atoms with E-state index in [9.17, 15) is 13.2 Å². The summed E-state index contributed by atoms with van der Waals surface area (Å²) < 4.78 is 33.2. The van der Waals surface area contributed by atoms with E-state index in [1.54, 1.807) is 29.2 Å². The molecule has 2 aromatic carbocycles. The van der Waals surface area contributed by atoms with Gasteiger partial charge in [-0.05, 0) is 60.0 Å². The van der Waals surface area contributed by atoms with Crippen LogP contribution in [0, 0.1) is 0 Å². The number of hydrogen-bond acceptors (Lipinski definition) is 4. The minimum absolute atomic E-state index is 0.0788. The van der Waals surface area contributed by atoms with Gasteiger partial charge in [0.2, 0.25) is 0 Å². The summed E-state index contributed by atoms with van der Waals surface area (Å²) in [5, 5.41) is 0.349. The summed E-state index contributed by atoms with van der Waals surface area (Å²) in [4.78, 5) is 14.1. The van der Waals surface area contributed by atoms with Crippen molar-refractivity contribution in [3.63, 3.8) is 0 Å². The first-order chi connectivity index (χ1) is 13.8. The lowest BCUT2D eigenvalue weighted by molar-refractivity contribution is 0.0702. The highest BCUT2D eigenvalue weighted by Crippen LogP contribution is 2.29. The summed E-state index contributed by atoms with van der Waals surface area (Å²) in [6, 6.07) is 12.8. The molecular formula is C20H16Cl2N2O4S. The number of nitrogens with one attached hydrogen (secondary N) is 1. The van der Waals surface area contributed by atoms with Crippen LogP contribution in [-0.2, 0) is 23.0 Å². The fourth-order valence-electron chi connectivity index (χ4n) is 3.24. The van der Waals surface area contributed by atoms with E-state index in [1.165, 1.54) is 24.5 Å². The Hall–Kier alpha value is -2.48. The first-order valence-electron chi connectivity index (χ1n) is 8.76. The molecule has 9 heteroatoms. The lowest BCUT2D eigenvalue weighted by Gasteiger charge is -2.28. The molecule has 1 N–H and O–H groups in total. The van der Waals surface area contributed by atoms with Gasteiger partial charge in [-0.15, -0.1) is 0 Å². The summed E-state index contributed by atoms with van der Waals surface area (Å²) in [5.74, 6) is 0.0817. The van der Waals surface area contributed by atoms with Crippen molar-refractivity contribution in [2.45, 2.75) is 17.9 Å². The fourth-order valence-corrected chi connectivity index (χ4v) is 5.06. The highest BCUT2D eigenvalue weighted by Gasteiger charge is 2.24. The van der Waals surface area contributed by atoms with Crippen LogP contribution in [0.2, 0.25) is 10.0 Å². The smallest absolute Gasteiger partial charge is 0.289 e. The third-order valence-electron chi connectivity index (χ3n) is 4.67. The van der Waals surface area contributed by atoms with Crippen molar-refractivity contribution < 1.29 is 17.6 Å². The van der Waals surface area contributed by atoms with E-state index in [0.717, 1.165) is 11.1 Å². The normalized spacial score (nSPS) is 13.8. The number of sulfonamides is 1. The van der Waals surface area contributed by atoms with Crippen LogP contribution in [0.1, 0.15) is 21.7 Å². The van der Waals surface area contributed by atoms with E-state index in [2.05, 4.69) is 4.72 Å². The van der Waals surface area contributed by atoms with E-state index in [1.807, 2.05) is 6.07 Å². The first-order valence-corrected chi connectivity index (χ1v) is 11.0. The third-order valence-corrected chi connectivity index (χ3v) is 6.77. The molecule has 0 radical (unpaired) electrons. The lowest BCUT2D eigenvalue weighted by Crippen LogP contribution is -2.35. The highest BCUT2D eigenvalue weighted by atomic mass is 35.5. The van der Waals surface area contributed by atoms with Gasteiger partial charge in [0.25, 0.3) is 15.9 Å². The minimum Gasteiger partial charge on any atom is -0.459 e. The number of halogens is 2. The molecule has 1 aromatic heterocycles. The Morgan fingerprint density at radius 1 is 1.07 bits per heavy atom. The molecular weight excluding hydrogens is 435 g/mol. The van der Waals surface area contributed by atoms with Gasteiger partial charge in [-0.25, -0.2) is 8.42 Å². The summed E-state index contributed by atoms with van der Waals surface area (Å²) in [6.07, 6.45) is 2.13. The third kappa shape index (κ3) is 4.12. The number of carbonyl (C=O) groups is 1. The van der Waals surface area contributed by atoms with Gasteiger partial charge in [0.1, 0.15) is 4.90 Å². The maximum absolute atomic E-state index is 12.7. The molecule has 0 atom stereocenters. The van der Waals surface area contributed by atoms with E-state index < -0.39 is 10.0 Å². The number of furan rings is 1. The number of nitrogens with zero attached hydrogens (tertiary/aromatic N) is 1. The molecule has 1 aliphatic rings. The number of benzene rings is 2. The Balaban J connectivity index is 1.58. The zero-order chi connectivity index (χ0) is 20.6. The fraction of sp³-hybridized carbons (Fsp3) is 0.150. The van der Waals surface area contributed by atoms with Crippen LogP contribution in [0.5, 0.6) is 0 Å². The van der Waals surface area contributed by atoms with Crippen LogP contribution in [0.4, 0.5) is 5.69 Å². The van der Waals surface area contributed by atoms with Crippen molar-refractivity contribution in [2.24, 2.45) is 0 Å². The molecule has 0 saturated carbocycles.